The van der Waals surface area contributed by atoms with Crippen LogP contribution < -0.4 is 34.3 Å². The second-order valence-corrected chi connectivity index (χ2v) is 11.3. The SMILES string of the molecule is COc1ccc2cc1Oc1ccc(cc1)C[C@@H]1NCCc3c1cc(OC)c(O)c3Oc1cc3c(cc1OC)CCN[C@H]3C2. The van der Waals surface area contributed by atoms with Gasteiger partial charge in [-0.05, 0) is 109 Å². The second-order valence-electron chi connectivity index (χ2n) is 11.3. The zero-order valence-corrected chi connectivity index (χ0v) is 24.7. The quantitative estimate of drug-likeness (QED) is 0.265. The molecule has 4 aliphatic rings. The molecule has 0 aliphatic carbocycles. The van der Waals surface area contributed by atoms with Crippen LogP contribution in [0.15, 0.2) is 60.7 Å². The van der Waals surface area contributed by atoms with Crippen molar-refractivity contribution in [3.05, 3.63) is 94.0 Å². The van der Waals surface area contributed by atoms with Crippen molar-refractivity contribution < 1.29 is 28.8 Å². The van der Waals surface area contributed by atoms with Crippen molar-refractivity contribution >= 4 is 0 Å². The van der Waals surface area contributed by atoms with Gasteiger partial charge in [-0.25, -0.2) is 0 Å². The largest absolute Gasteiger partial charge is 0.502 e. The number of benzene rings is 4. The number of aromatic hydroxyl groups is 1. The Morgan fingerprint density at radius 1 is 0.674 bits per heavy atom. The summed E-state index contributed by atoms with van der Waals surface area (Å²) >= 11 is 0. The number of phenols is 1. The smallest absolute Gasteiger partial charge is 0.201 e. The van der Waals surface area contributed by atoms with Crippen LogP contribution in [0.4, 0.5) is 0 Å². The Balaban J connectivity index is 1.41. The maximum atomic E-state index is 11.4. The van der Waals surface area contributed by atoms with E-state index in [4.69, 9.17) is 23.7 Å². The van der Waals surface area contributed by atoms with E-state index in [2.05, 4.69) is 47.0 Å². The first-order valence-electron chi connectivity index (χ1n) is 14.8. The van der Waals surface area contributed by atoms with Crippen LogP contribution in [0.3, 0.4) is 0 Å². The van der Waals surface area contributed by atoms with Crippen LogP contribution >= 0.6 is 0 Å². The van der Waals surface area contributed by atoms with Crippen molar-refractivity contribution in [3.63, 3.8) is 0 Å². The van der Waals surface area contributed by atoms with Crippen LogP contribution in [0.25, 0.3) is 0 Å². The number of nitrogens with one attached hydrogen (secondary N) is 2. The summed E-state index contributed by atoms with van der Waals surface area (Å²) in [7, 11) is 4.88. The summed E-state index contributed by atoms with van der Waals surface area (Å²) in [5, 5.41) is 18.7. The van der Waals surface area contributed by atoms with Crippen molar-refractivity contribution in [2.24, 2.45) is 0 Å². The van der Waals surface area contributed by atoms with E-state index in [1.54, 1.807) is 21.3 Å². The highest BCUT2D eigenvalue weighted by Gasteiger charge is 2.30. The molecular formula is C35H36N2O6. The number of rotatable bonds is 3. The monoisotopic (exact) mass is 580 g/mol. The lowest BCUT2D eigenvalue weighted by Gasteiger charge is -2.31. The molecule has 2 atom stereocenters. The minimum Gasteiger partial charge on any atom is -0.502 e. The molecule has 0 saturated heterocycles. The van der Waals surface area contributed by atoms with Crippen molar-refractivity contribution in [1.82, 2.24) is 10.6 Å². The van der Waals surface area contributed by atoms with Crippen molar-refractivity contribution in [2.45, 2.75) is 37.8 Å². The zero-order valence-electron chi connectivity index (χ0n) is 24.7. The highest BCUT2D eigenvalue weighted by atomic mass is 16.5. The van der Waals surface area contributed by atoms with Crippen molar-refractivity contribution in [2.75, 3.05) is 34.4 Å². The van der Waals surface area contributed by atoms with Gasteiger partial charge in [0.1, 0.15) is 5.75 Å². The summed E-state index contributed by atoms with van der Waals surface area (Å²) in [5.74, 6) is 4.08. The van der Waals surface area contributed by atoms with E-state index < -0.39 is 0 Å². The fourth-order valence-corrected chi connectivity index (χ4v) is 6.58. The molecule has 10 bridgehead atoms. The lowest BCUT2D eigenvalue weighted by atomic mass is 9.88. The van der Waals surface area contributed by atoms with Crippen LogP contribution in [-0.2, 0) is 25.7 Å². The van der Waals surface area contributed by atoms with Crippen molar-refractivity contribution in [1.29, 1.82) is 0 Å². The maximum Gasteiger partial charge on any atom is 0.201 e. The van der Waals surface area contributed by atoms with Crippen LogP contribution in [0, 0.1) is 0 Å². The minimum absolute atomic E-state index is 0.00485. The summed E-state index contributed by atoms with van der Waals surface area (Å²) in [4.78, 5) is 0. The number of fused-ring (bicyclic) bond motifs is 2. The van der Waals surface area contributed by atoms with Crippen LogP contribution in [0.5, 0.6) is 46.0 Å². The van der Waals surface area contributed by atoms with Crippen LogP contribution in [-0.4, -0.2) is 39.5 Å². The first-order chi connectivity index (χ1) is 21.0. The minimum atomic E-state index is -0.00509. The number of methoxy groups -OCH3 is 3. The molecule has 4 aromatic rings. The molecule has 0 saturated carbocycles. The molecule has 0 amide bonds. The third-order valence-electron chi connectivity index (χ3n) is 8.78. The first-order valence-corrected chi connectivity index (χ1v) is 14.8. The summed E-state index contributed by atoms with van der Waals surface area (Å²) in [6.07, 6.45) is 3.07. The topological polar surface area (TPSA) is 90.4 Å². The van der Waals surface area contributed by atoms with Crippen LogP contribution in [0.2, 0.25) is 0 Å². The Morgan fingerprint density at radius 2 is 1.35 bits per heavy atom. The van der Waals surface area contributed by atoms with Gasteiger partial charge in [0.25, 0.3) is 0 Å². The molecule has 8 rings (SSSR count). The lowest BCUT2D eigenvalue weighted by molar-refractivity contribution is 0.336. The van der Waals surface area contributed by atoms with Gasteiger partial charge in [-0.1, -0.05) is 18.2 Å². The predicted octanol–water partition coefficient (Wildman–Crippen LogP) is 6.18. The fourth-order valence-electron chi connectivity index (χ4n) is 6.58. The molecule has 0 radical (unpaired) electrons. The highest BCUT2D eigenvalue weighted by molar-refractivity contribution is 5.62. The molecule has 0 fully saturated rings. The maximum absolute atomic E-state index is 11.4. The van der Waals surface area contributed by atoms with Gasteiger partial charge in [-0.15, -0.1) is 0 Å². The fraction of sp³-hybridized carbons (Fsp3) is 0.314. The molecule has 4 heterocycles. The van der Waals surface area contributed by atoms with E-state index in [0.717, 1.165) is 65.9 Å². The van der Waals surface area contributed by atoms with Gasteiger partial charge < -0.3 is 39.4 Å². The standard InChI is InChI=1S/C35H36N2O6/c1-39-29-9-6-21-15-27-25-18-32(30(40-2)17-22(25)10-12-36-27)43-35-24-11-13-37-28(26(24)19-33(41-3)34(35)38)14-20-4-7-23(8-5-20)42-31(29)16-21/h4-9,16-19,27-28,36-38H,10-15H2,1-3H3/t27-,28-/m0/s1. The number of phenolic OH excluding ortho intramolecular Hbond substituents is 1. The average Bonchev–Trinajstić information content (AvgIpc) is 3.03. The molecule has 4 aliphatic heterocycles. The third-order valence-corrected chi connectivity index (χ3v) is 8.78. The molecule has 0 aromatic heterocycles. The average molecular weight is 581 g/mol. The number of hydrogen-bond acceptors (Lipinski definition) is 8. The van der Waals surface area contributed by atoms with Gasteiger partial charge in [-0.3, -0.25) is 0 Å². The lowest BCUT2D eigenvalue weighted by Crippen LogP contribution is -2.31. The predicted molar refractivity (Wildman–Crippen MR) is 164 cm³/mol. The van der Waals surface area contributed by atoms with E-state index in [1.807, 2.05) is 24.3 Å². The Labute approximate surface area is 251 Å². The van der Waals surface area contributed by atoms with Gasteiger partial charge in [0.05, 0.1) is 21.3 Å². The van der Waals surface area contributed by atoms with Gasteiger partial charge in [0.15, 0.2) is 34.5 Å². The molecule has 8 nitrogen and oxygen atoms in total. The highest BCUT2D eigenvalue weighted by Crippen LogP contribution is 2.49. The van der Waals surface area contributed by atoms with E-state index in [-0.39, 0.29) is 17.8 Å². The summed E-state index contributed by atoms with van der Waals surface area (Å²) in [6.45, 7) is 1.61. The van der Waals surface area contributed by atoms with Gasteiger partial charge in [0, 0.05) is 17.6 Å². The molecule has 222 valence electrons. The third kappa shape index (κ3) is 5.11. The molecule has 0 spiro atoms. The van der Waals surface area contributed by atoms with E-state index in [1.165, 1.54) is 5.56 Å². The molecule has 3 N–H and O–H groups in total. The second kappa shape index (κ2) is 11.4. The Morgan fingerprint density at radius 3 is 2.12 bits per heavy atom. The van der Waals surface area contributed by atoms with Crippen molar-refractivity contribution in [3.8, 4) is 46.0 Å². The van der Waals surface area contributed by atoms with Gasteiger partial charge >= 0.3 is 0 Å². The molecule has 43 heavy (non-hydrogen) atoms. The molecule has 4 aromatic carbocycles. The number of hydrogen-bond donors (Lipinski definition) is 3. The van der Waals surface area contributed by atoms with Gasteiger partial charge in [-0.2, -0.15) is 0 Å². The number of ether oxygens (including phenoxy) is 5. The van der Waals surface area contributed by atoms with E-state index in [0.29, 0.717) is 40.9 Å². The summed E-state index contributed by atoms with van der Waals surface area (Å²) in [6, 6.07) is 20.4. The van der Waals surface area contributed by atoms with Crippen LogP contribution in [0.1, 0.15) is 45.5 Å². The first kappa shape index (κ1) is 27.4. The Bertz CT molecular complexity index is 1670. The molecular weight excluding hydrogens is 544 g/mol. The summed E-state index contributed by atoms with van der Waals surface area (Å²) < 4.78 is 30.1. The van der Waals surface area contributed by atoms with E-state index >= 15 is 0 Å². The normalized spacial score (nSPS) is 18.8. The Hall–Kier alpha value is -4.40. The molecule has 0 unspecified atom stereocenters. The zero-order chi connectivity index (χ0) is 29.5. The molecule has 8 heteroatoms. The van der Waals surface area contributed by atoms with E-state index in [9.17, 15) is 5.11 Å². The van der Waals surface area contributed by atoms with Gasteiger partial charge in [0.2, 0.25) is 5.75 Å². The summed E-state index contributed by atoms with van der Waals surface area (Å²) in [5.41, 5.74) is 6.64. The Kier molecular flexibility index (Phi) is 7.24.